The van der Waals surface area contributed by atoms with Crippen molar-refractivity contribution in [3.63, 3.8) is 0 Å². The van der Waals surface area contributed by atoms with E-state index in [1.807, 2.05) is 0 Å². The molecular formula is C7H12. The van der Waals surface area contributed by atoms with Gasteiger partial charge in [-0.2, -0.15) is 0 Å². The first kappa shape index (κ1) is 4.89. The molecule has 0 N–H and O–H groups in total. The third-order valence-electron chi connectivity index (χ3n) is 2.38. The van der Waals surface area contributed by atoms with Crippen LogP contribution in [0, 0.1) is 5.41 Å². The fraction of sp³-hybridized carbons (Fsp3) is 0.714. The molecule has 0 bridgehead atoms. The summed E-state index contributed by atoms with van der Waals surface area (Å²) < 4.78 is 0. The molecule has 0 aromatic carbocycles. The Kier molecular flexibility index (Phi) is 0.653. The third kappa shape index (κ3) is 0.425. The van der Waals surface area contributed by atoms with Gasteiger partial charge in [-0.15, -0.1) is 0 Å². The summed E-state index contributed by atoms with van der Waals surface area (Å²) in [7, 11) is 0. The molecule has 0 saturated carbocycles. The molecule has 0 radical (unpaired) electrons. The smallest absolute Gasteiger partial charge is 0.00642 e. The van der Waals surface area contributed by atoms with Crippen molar-refractivity contribution >= 4 is 0 Å². The molecule has 1 aliphatic carbocycles. The molecule has 7 heavy (non-hydrogen) atoms. The van der Waals surface area contributed by atoms with Crippen LogP contribution in [-0.4, -0.2) is 0 Å². The van der Waals surface area contributed by atoms with Gasteiger partial charge in [-0.3, -0.25) is 0 Å². The predicted molar refractivity (Wildman–Crippen MR) is 32.2 cm³/mol. The minimum atomic E-state index is 0.500. The van der Waals surface area contributed by atoms with Crippen molar-refractivity contribution in [3.05, 3.63) is 11.1 Å². The molecule has 0 saturated heterocycles. The van der Waals surface area contributed by atoms with Gasteiger partial charge in [0, 0.05) is 5.41 Å². The molecule has 0 aliphatic heterocycles. The van der Waals surface area contributed by atoms with Crippen LogP contribution in [-0.2, 0) is 0 Å². The zero-order valence-corrected chi connectivity index (χ0v) is 5.50. The van der Waals surface area contributed by atoms with E-state index >= 15 is 0 Å². The first-order valence-corrected chi connectivity index (χ1v) is 2.75. The van der Waals surface area contributed by atoms with Gasteiger partial charge in [-0.1, -0.05) is 25.0 Å². The zero-order valence-electron chi connectivity index (χ0n) is 5.50. The van der Waals surface area contributed by atoms with Gasteiger partial charge in [-0.05, 0) is 13.8 Å². The zero-order chi connectivity index (χ0) is 5.65. The monoisotopic (exact) mass is 96.1 g/mol. The first-order chi connectivity index (χ1) is 3.07. The summed E-state index contributed by atoms with van der Waals surface area (Å²) in [4.78, 5) is 0. The van der Waals surface area contributed by atoms with Crippen LogP contribution in [0.15, 0.2) is 11.1 Å². The SMILES string of the molecule is CC1=C(C)C1(C)C. The van der Waals surface area contributed by atoms with Crippen LogP contribution in [0.5, 0.6) is 0 Å². The fourth-order valence-electron chi connectivity index (χ4n) is 0.875. The van der Waals surface area contributed by atoms with Gasteiger partial charge in [0.05, 0.1) is 0 Å². The maximum atomic E-state index is 2.26. The molecular weight excluding hydrogens is 84.1 g/mol. The van der Waals surface area contributed by atoms with Crippen molar-refractivity contribution < 1.29 is 0 Å². The Morgan fingerprint density at radius 2 is 1.14 bits per heavy atom. The number of allylic oxidation sites excluding steroid dienone is 2. The van der Waals surface area contributed by atoms with Crippen LogP contribution in [0.4, 0.5) is 0 Å². The topological polar surface area (TPSA) is 0 Å². The van der Waals surface area contributed by atoms with Crippen molar-refractivity contribution in [1.82, 2.24) is 0 Å². The fourth-order valence-corrected chi connectivity index (χ4v) is 0.875. The lowest BCUT2D eigenvalue weighted by molar-refractivity contribution is 0.674. The second-order valence-electron chi connectivity index (χ2n) is 2.88. The van der Waals surface area contributed by atoms with Crippen LogP contribution >= 0.6 is 0 Å². The van der Waals surface area contributed by atoms with Crippen LogP contribution in [0.25, 0.3) is 0 Å². The van der Waals surface area contributed by atoms with Gasteiger partial charge in [0.25, 0.3) is 0 Å². The van der Waals surface area contributed by atoms with E-state index in [0.717, 1.165) is 0 Å². The normalized spacial score (nSPS) is 25.7. The van der Waals surface area contributed by atoms with Crippen LogP contribution < -0.4 is 0 Å². The standard InChI is InChI=1S/C7H12/c1-5-6(2)7(5,3)4/h1-4H3. The number of hydrogen-bond donors (Lipinski definition) is 0. The van der Waals surface area contributed by atoms with Crippen LogP contribution in [0.1, 0.15) is 27.7 Å². The molecule has 0 nitrogen and oxygen atoms in total. The Hall–Kier alpha value is -0.260. The number of hydrogen-bond acceptors (Lipinski definition) is 0. The quantitative estimate of drug-likeness (QED) is 0.406. The molecule has 1 aliphatic rings. The number of rotatable bonds is 0. The van der Waals surface area contributed by atoms with Gasteiger partial charge >= 0.3 is 0 Å². The van der Waals surface area contributed by atoms with Crippen LogP contribution in [0.3, 0.4) is 0 Å². The summed E-state index contributed by atoms with van der Waals surface area (Å²) in [5.74, 6) is 0. The average Bonchev–Trinajstić information content (AvgIpc) is 1.91. The molecule has 0 atom stereocenters. The Morgan fingerprint density at radius 1 is 1.00 bits per heavy atom. The van der Waals surface area contributed by atoms with Gasteiger partial charge in [-0.25, -0.2) is 0 Å². The second kappa shape index (κ2) is 0.936. The maximum absolute atomic E-state index is 2.26. The Labute approximate surface area is 45.2 Å². The molecule has 0 spiro atoms. The highest BCUT2D eigenvalue weighted by atomic mass is 14.4. The summed E-state index contributed by atoms with van der Waals surface area (Å²) in [6, 6.07) is 0. The molecule has 0 amide bonds. The van der Waals surface area contributed by atoms with E-state index in [1.54, 1.807) is 11.1 Å². The molecule has 0 heteroatoms. The lowest BCUT2D eigenvalue weighted by Crippen LogP contribution is -1.88. The van der Waals surface area contributed by atoms with Gasteiger partial charge in [0.1, 0.15) is 0 Å². The third-order valence-corrected chi connectivity index (χ3v) is 2.38. The highest BCUT2D eigenvalue weighted by Gasteiger charge is 2.37. The van der Waals surface area contributed by atoms with E-state index in [-0.39, 0.29) is 0 Å². The van der Waals surface area contributed by atoms with Gasteiger partial charge in [0.2, 0.25) is 0 Å². The van der Waals surface area contributed by atoms with E-state index in [2.05, 4.69) is 27.7 Å². The van der Waals surface area contributed by atoms with Crippen LogP contribution in [0.2, 0.25) is 0 Å². The summed E-state index contributed by atoms with van der Waals surface area (Å²) >= 11 is 0. The largest absolute Gasteiger partial charge is 0.0638 e. The second-order valence-corrected chi connectivity index (χ2v) is 2.88. The summed E-state index contributed by atoms with van der Waals surface area (Å²) in [6.07, 6.45) is 0. The Bertz CT molecular complexity index is 113. The summed E-state index contributed by atoms with van der Waals surface area (Å²) in [5.41, 5.74) is 3.65. The van der Waals surface area contributed by atoms with Crippen molar-refractivity contribution in [3.8, 4) is 0 Å². The predicted octanol–water partition coefficient (Wildman–Crippen LogP) is 2.36. The molecule has 0 aromatic rings. The van der Waals surface area contributed by atoms with Crippen molar-refractivity contribution in [2.75, 3.05) is 0 Å². The lowest BCUT2D eigenvalue weighted by Gasteiger charge is -1.98. The van der Waals surface area contributed by atoms with E-state index < -0.39 is 0 Å². The van der Waals surface area contributed by atoms with Crippen molar-refractivity contribution in [2.45, 2.75) is 27.7 Å². The highest BCUT2D eigenvalue weighted by Crippen LogP contribution is 2.50. The summed E-state index contributed by atoms with van der Waals surface area (Å²) in [5, 5.41) is 0. The van der Waals surface area contributed by atoms with E-state index in [9.17, 15) is 0 Å². The van der Waals surface area contributed by atoms with Gasteiger partial charge < -0.3 is 0 Å². The molecule has 0 aromatic heterocycles. The highest BCUT2D eigenvalue weighted by molar-refractivity contribution is 5.43. The molecule has 0 fully saturated rings. The minimum absolute atomic E-state index is 0.500. The Morgan fingerprint density at radius 3 is 1.14 bits per heavy atom. The van der Waals surface area contributed by atoms with Crippen molar-refractivity contribution in [2.24, 2.45) is 5.41 Å². The molecule has 40 valence electrons. The average molecular weight is 96.2 g/mol. The lowest BCUT2D eigenvalue weighted by atomic mass is 10.1. The molecule has 0 heterocycles. The van der Waals surface area contributed by atoms with Crippen molar-refractivity contribution in [1.29, 1.82) is 0 Å². The Balaban J connectivity index is 2.69. The van der Waals surface area contributed by atoms with Gasteiger partial charge in [0.15, 0.2) is 0 Å². The van der Waals surface area contributed by atoms with E-state index in [4.69, 9.17) is 0 Å². The minimum Gasteiger partial charge on any atom is -0.0638 e. The maximum Gasteiger partial charge on any atom is 0.00642 e. The van der Waals surface area contributed by atoms with E-state index in [0.29, 0.717) is 5.41 Å². The molecule has 0 unspecified atom stereocenters. The summed E-state index contributed by atoms with van der Waals surface area (Å²) in [6.45, 7) is 8.93. The molecule has 1 rings (SSSR count). The van der Waals surface area contributed by atoms with E-state index in [1.165, 1.54) is 0 Å². The first-order valence-electron chi connectivity index (χ1n) is 2.75.